The van der Waals surface area contributed by atoms with E-state index in [4.69, 9.17) is 4.98 Å². The molecule has 0 aliphatic heterocycles. The normalized spacial score (nSPS) is 11.2. The standard InChI is InChI=1S/C28H20N4O2/c33-23-10-6-17(7-11-23)21-8-12-24-26(15-21)32-27(31-24)19-1-3-20(4-2-19)28(34)30-22-9-5-18-13-14-29-25(18)16-22/h1-16,29,33H,(H,30,34)(H,31,32). The lowest BCUT2D eigenvalue weighted by atomic mass is 10.1. The highest BCUT2D eigenvalue weighted by Gasteiger charge is 2.10. The highest BCUT2D eigenvalue weighted by atomic mass is 16.3. The first-order valence-electron chi connectivity index (χ1n) is 10.9. The van der Waals surface area contributed by atoms with Crippen LogP contribution >= 0.6 is 0 Å². The lowest BCUT2D eigenvalue weighted by Crippen LogP contribution is -2.11. The number of carbonyl (C=O) groups is 1. The van der Waals surface area contributed by atoms with Gasteiger partial charge in [-0.1, -0.05) is 36.4 Å². The van der Waals surface area contributed by atoms with Crippen molar-refractivity contribution in [2.24, 2.45) is 0 Å². The maximum absolute atomic E-state index is 12.7. The van der Waals surface area contributed by atoms with Crippen molar-refractivity contribution in [3.05, 3.63) is 103 Å². The molecule has 0 saturated heterocycles. The fourth-order valence-electron chi connectivity index (χ4n) is 4.09. The number of aromatic amines is 2. The van der Waals surface area contributed by atoms with Gasteiger partial charge in [-0.25, -0.2) is 4.98 Å². The number of hydrogen-bond acceptors (Lipinski definition) is 3. The number of nitrogens with zero attached hydrogens (tertiary/aromatic N) is 1. The van der Waals surface area contributed by atoms with Gasteiger partial charge in [-0.3, -0.25) is 4.79 Å². The Kier molecular flexibility index (Phi) is 4.63. The quantitative estimate of drug-likeness (QED) is 0.256. The summed E-state index contributed by atoms with van der Waals surface area (Å²) in [5.41, 5.74) is 7.01. The monoisotopic (exact) mass is 444 g/mol. The molecule has 0 spiro atoms. The maximum atomic E-state index is 12.7. The second-order valence-corrected chi connectivity index (χ2v) is 8.18. The van der Waals surface area contributed by atoms with E-state index in [0.717, 1.165) is 50.1 Å². The molecule has 0 fully saturated rings. The minimum atomic E-state index is -0.166. The van der Waals surface area contributed by atoms with E-state index in [1.807, 2.05) is 72.9 Å². The van der Waals surface area contributed by atoms with Gasteiger partial charge < -0.3 is 20.4 Å². The van der Waals surface area contributed by atoms with Gasteiger partial charge in [0.15, 0.2) is 0 Å². The van der Waals surface area contributed by atoms with Crippen molar-refractivity contribution < 1.29 is 9.90 Å². The van der Waals surface area contributed by atoms with Gasteiger partial charge in [0.2, 0.25) is 0 Å². The number of carbonyl (C=O) groups excluding carboxylic acids is 1. The average Bonchev–Trinajstić information content (AvgIpc) is 3.51. The van der Waals surface area contributed by atoms with Crippen LogP contribution in [0.3, 0.4) is 0 Å². The predicted molar refractivity (Wildman–Crippen MR) is 135 cm³/mol. The molecule has 4 N–H and O–H groups in total. The van der Waals surface area contributed by atoms with Crippen LogP contribution in [0.5, 0.6) is 5.75 Å². The van der Waals surface area contributed by atoms with Crippen LogP contribution in [0, 0.1) is 0 Å². The number of anilines is 1. The van der Waals surface area contributed by atoms with Crippen LogP contribution in [-0.2, 0) is 0 Å². The number of phenols is 1. The van der Waals surface area contributed by atoms with Gasteiger partial charge in [0, 0.05) is 28.5 Å². The van der Waals surface area contributed by atoms with E-state index < -0.39 is 0 Å². The summed E-state index contributed by atoms with van der Waals surface area (Å²) in [4.78, 5) is 23.9. The highest BCUT2D eigenvalue weighted by Crippen LogP contribution is 2.27. The van der Waals surface area contributed by atoms with Crippen LogP contribution in [0.1, 0.15) is 10.4 Å². The number of amides is 1. The largest absolute Gasteiger partial charge is 0.508 e. The lowest BCUT2D eigenvalue weighted by Gasteiger charge is -2.06. The van der Waals surface area contributed by atoms with Gasteiger partial charge in [0.05, 0.1) is 11.0 Å². The summed E-state index contributed by atoms with van der Waals surface area (Å²) in [6, 6.07) is 28.3. The summed E-state index contributed by atoms with van der Waals surface area (Å²) in [7, 11) is 0. The zero-order valence-corrected chi connectivity index (χ0v) is 18.0. The molecule has 164 valence electrons. The first-order valence-corrected chi connectivity index (χ1v) is 10.9. The topological polar surface area (TPSA) is 93.8 Å². The minimum Gasteiger partial charge on any atom is -0.508 e. The number of fused-ring (bicyclic) bond motifs is 2. The van der Waals surface area contributed by atoms with Gasteiger partial charge in [0.25, 0.3) is 5.91 Å². The molecule has 2 aromatic heterocycles. The summed E-state index contributed by atoms with van der Waals surface area (Å²) < 4.78 is 0. The van der Waals surface area contributed by atoms with Crippen molar-refractivity contribution in [3.63, 3.8) is 0 Å². The van der Waals surface area contributed by atoms with E-state index in [2.05, 4.69) is 15.3 Å². The Morgan fingerprint density at radius 1 is 0.765 bits per heavy atom. The van der Waals surface area contributed by atoms with Crippen LogP contribution in [0.15, 0.2) is 97.2 Å². The molecule has 6 aromatic rings. The Bertz CT molecular complexity index is 1640. The number of benzene rings is 4. The summed E-state index contributed by atoms with van der Waals surface area (Å²) in [6.07, 6.45) is 1.88. The SMILES string of the molecule is O=C(Nc1ccc2cc[nH]c2c1)c1ccc(-c2nc3ccc(-c4ccc(O)cc4)cc3[nH]2)cc1. The molecule has 0 bridgehead atoms. The van der Waals surface area contributed by atoms with Crippen molar-refractivity contribution in [3.8, 4) is 28.3 Å². The number of aromatic nitrogens is 3. The number of nitrogens with one attached hydrogen (secondary N) is 3. The van der Waals surface area contributed by atoms with Gasteiger partial charge in [-0.2, -0.15) is 0 Å². The van der Waals surface area contributed by atoms with Crippen LogP contribution in [0.2, 0.25) is 0 Å². The van der Waals surface area contributed by atoms with Crippen LogP contribution in [0.25, 0.3) is 44.5 Å². The molecule has 6 nitrogen and oxygen atoms in total. The summed E-state index contributed by atoms with van der Waals surface area (Å²) in [6.45, 7) is 0. The van der Waals surface area contributed by atoms with E-state index in [1.165, 1.54) is 0 Å². The molecular formula is C28H20N4O2. The summed E-state index contributed by atoms with van der Waals surface area (Å²) in [5, 5.41) is 13.6. The Labute approximate surface area is 194 Å². The summed E-state index contributed by atoms with van der Waals surface area (Å²) >= 11 is 0. The predicted octanol–water partition coefficient (Wildman–Crippen LogP) is 6.34. The van der Waals surface area contributed by atoms with E-state index in [0.29, 0.717) is 5.56 Å². The fourth-order valence-corrected chi connectivity index (χ4v) is 4.09. The van der Waals surface area contributed by atoms with E-state index in [-0.39, 0.29) is 11.7 Å². The molecule has 0 aliphatic rings. The Hall–Kier alpha value is -4.84. The third-order valence-corrected chi connectivity index (χ3v) is 5.92. The van der Waals surface area contributed by atoms with Crippen molar-refractivity contribution in [1.29, 1.82) is 0 Å². The fraction of sp³-hybridized carbons (Fsp3) is 0. The molecule has 0 aliphatic carbocycles. The molecule has 0 radical (unpaired) electrons. The Balaban J connectivity index is 1.23. The van der Waals surface area contributed by atoms with E-state index in [1.54, 1.807) is 24.3 Å². The third kappa shape index (κ3) is 3.67. The second kappa shape index (κ2) is 7.94. The molecule has 0 saturated carbocycles. The maximum Gasteiger partial charge on any atom is 0.255 e. The number of rotatable bonds is 4. The number of aromatic hydroxyl groups is 1. The highest BCUT2D eigenvalue weighted by molar-refractivity contribution is 6.05. The van der Waals surface area contributed by atoms with Crippen LogP contribution < -0.4 is 5.32 Å². The number of hydrogen-bond donors (Lipinski definition) is 4. The van der Waals surface area contributed by atoms with Crippen LogP contribution in [0.4, 0.5) is 5.69 Å². The first kappa shape index (κ1) is 19.8. The number of phenolic OH excluding ortho intramolecular Hbond substituents is 1. The molecule has 0 atom stereocenters. The molecule has 2 heterocycles. The molecule has 4 aromatic carbocycles. The minimum absolute atomic E-state index is 0.166. The average molecular weight is 444 g/mol. The number of H-pyrrole nitrogens is 2. The van der Waals surface area contributed by atoms with Crippen LogP contribution in [-0.4, -0.2) is 26.0 Å². The van der Waals surface area contributed by atoms with Gasteiger partial charge in [-0.05, 0) is 71.1 Å². The Morgan fingerprint density at radius 2 is 1.53 bits per heavy atom. The number of imidazole rings is 1. The Morgan fingerprint density at radius 3 is 2.35 bits per heavy atom. The van der Waals surface area contributed by atoms with Gasteiger partial charge in [-0.15, -0.1) is 0 Å². The van der Waals surface area contributed by atoms with Gasteiger partial charge in [0.1, 0.15) is 11.6 Å². The zero-order chi connectivity index (χ0) is 23.1. The lowest BCUT2D eigenvalue weighted by molar-refractivity contribution is 0.102. The van der Waals surface area contributed by atoms with E-state index >= 15 is 0 Å². The van der Waals surface area contributed by atoms with Crippen molar-refractivity contribution in [2.75, 3.05) is 5.32 Å². The smallest absolute Gasteiger partial charge is 0.255 e. The molecule has 0 unspecified atom stereocenters. The summed E-state index contributed by atoms with van der Waals surface area (Å²) in [5.74, 6) is 0.815. The van der Waals surface area contributed by atoms with Crippen molar-refractivity contribution in [2.45, 2.75) is 0 Å². The molecule has 6 heteroatoms. The molecule has 6 rings (SSSR count). The molecular weight excluding hydrogens is 424 g/mol. The first-order chi connectivity index (χ1) is 16.6. The zero-order valence-electron chi connectivity index (χ0n) is 18.0. The van der Waals surface area contributed by atoms with Crippen molar-refractivity contribution >= 4 is 33.5 Å². The molecule has 1 amide bonds. The van der Waals surface area contributed by atoms with E-state index in [9.17, 15) is 9.90 Å². The third-order valence-electron chi connectivity index (χ3n) is 5.92. The second-order valence-electron chi connectivity index (χ2n) is 8.18. The van der Waals surface area contributed by atoms with Gasteiger partial charge >= 0.3 is 0 Å². The molecule has 34 heavy (non-hydrogen) atoms. The van der Waals surface area contributed by atoms with Crippen molar-refractivity contribution in [1.82, 2.24) is 15.0 Å².